The van der Waals surface area contributed by atoms with Crippen molar-refractivity contribution in [2.45, 2.75) is 19.9 Å². The van der Waals surface area contributed by atoms with Gasteiger partial charge in [0.05, 0.1) is 29.0 Å². The molecule has 11 nitrogen and oxygen atoms in total. The van der Waals surface area contributed by atoms with Crippen LogP contribution in [0.2, 0.25) is 0 Å². The number of pyridine rings is 2. The first-order valence-corrected chi connectivity index (χ1v) is 11.0. The van der Waals surface area contributed by atoms with Gasteiger partial charge in [0.25, 0.3) is 5.56 Å². The number of aromatic amines is 2. The summed E-state index contributed by atoms with van der Waals surface area (Å²) in [6.07, 6.45) is 6.90. The molecule has 0 saturated heterocycles. The van der Waals surface area contributed by atoms with Crippen LogP contribution in [-0.4, -0.2) is 53.8 Å². The first-order chi connectivity index (χ1) is 16.3. The fraction of sp³-hybridized carbons (Fsp3) is 0.304. The number of hydrogen-bond donors (Lipinski definition) is 3. The molecule has 0 amide bonds. The van der Waals surface area contributed by atoms with Crippen LogP contribution in [0.3, 0.4) is 0 Å². The topological polar surface area (TPSA) is 133 Å². The van der Waals surface area contributed by atoms with Gasteiger partial charge in [-0.25, -0.2) is 19.9 Å². The van der Waals surface area contributed by atoms with Crippen molar-refractivity contribution >= 4 is 33.6 Å². The molecule has 0 spiro atoms. The van der Waals surface area contributed by atoms with Crippen molar-refractivity contribution < 1.29 is 0 Å². The Bertz CT molecular complexity index is 1530. The summed E-state index contributed by atoms with van der Waals surface area (Å²) in [6, 6.07) is 3.43. The molecule has 0 saturated carbocycles. The first-order valence-electron chi connectivity index (χ1n) is 11.0. The Hall–Kier alpha value is -4.28. The lowest BCUT2D eigenvalue weighted by molar-refractivity contribution is 0.521. The number of nitrogens with zero attached hydrogens (tertiary/aromatic N) is 7. The van der Waals surface area contributed by atoms with Crippen LogP contribution in [-0.2, 0) is 7.05 Å². The Balaban J connectivity index is 1.72. The average Bonchev–Trinajstić information content (AvgIpc) is 3.39. The summed E-state index contributed by atoms with van der Waals surface area (Å²) in [5.74, 6) is 1.99. The second-order valence-corrected chi connectivity index (χ2v) is 8.78. The minimum absolute atomic E-state index is 0.135. The molecule has 0 aromatic carbocycles. The van der Waals surface area contributed by atoms with Crippen molar-refractivity contribution in [2.24, 2.45) is 13.0 Å². The lowest BCUT2D eigenvalue weighted by Crippen LogP contribution is -2.22. The Morgan fingerprint density at radius 3 is 2.56 bits per heavy atom. The molecule has 5 rings (SSSR count). The number of imidazole rings is 1. The van der Waals surface area contributed by atoms with E-state index in [9.17, 15) is 4.79 Å². The summed E-state index contributed by atoms with van der Waals surface area (Å²) < 4.78 is 1.67. The first kappa shape index (κ1) is 21.6. The number of aromatic nitrogens is 8. The third kappa shape index (κ3) is 3.74. The third-order valence-corrected chi connectivity index (χ3v) is 5.67. The highest BCUT2D eigenvalue weighted by atomic mass is 16.1. The Labute approximate surface area is 195 Å². The van der Waals surface area contributed by atoms with Gasteiger partial charge in [-0.3, -0.25) is 9.48 Å². The van der Waals surface area contributed by atoms with Gasteiger partial charge in [-0.1, -0.05) is 13.8 Å². The molecule has 0 aliphatic carbocycles. The molecule has 11 heteroatoms. The van der Waals surface area contributed by atoms with Crippen molar-refractivity contribution in [1.29, 1.82) is 0 Å². The Morgan fingerprint density at radius 2 is 1.85 bits per heavy atom. The maximum absolute atomic E-state index is 13.4. The van der Waals surface area contributed by atoms with E-state index in [1.165, 1.54) is 0 Å². The van der Waals surface area contributed by atoms with E-state index in [-0.39, 0.29) is 17.5 Å². The lowest BCUT2D eigenvalue weighted by atomic mass is 10.0. The molecule has 5 aromatic rings. The highest BCUT2D eigenvalue weighted by Crippen LogP contribution is 2.34. The van der Waals surface area contributed by atoms with E-state index in [4.69, 9.17) is 0 Å². The van der Waals surface area contributed by atoms with E-state index in [0.29, 0.717) is 39.4 Å². The summed E-state index contributed by atoms with van der Waals surface area (Å²) in [4.78, 5) is 39.5. The average molecular weight is 459 g/mol. The SMILES string of the molecule is CC(C)[C@H](Nc1c(-c2nc3cnc(N(C)C)cc3[nH]2)c(=O)[nH]c2cn(C)nc12)c1ncccn1. The molecule has 0 aliphatic rings. The molecule has 5 aromatic heterocycles. The van der Waals surface area contributed by atoms with E-state index in [2.05, 4.69) is 54.2 Å². The van der Waals surface area contributed by atoms with Gasteiger partial charge in [0.15, 0.2) is 5.82 Å². The third-order valence-electron chi connectivity index (χ3n) is 5.67. The maximum Gasteiger partial charge on any atom is 0.261 e. The standard InChI is InChI=1S/C23H26N10O/c1-12(2)18(22-24-7-6-8-25-22)30-20-17(23(34)29-15-11-33(5)31-19(15)20)21-27-13-9-16(32(3)4)26-10-14(13)28-21/h6-12,18,30H,1-5H3,(H,27,28)(H,29,34)/t18-/m0/s1. The summed E-state index contributed by atoms with van der Waals surface area (Å²) in [6.45, 7) is 4.15. The largest absolute Gasteiger partial charge is 0.372 e. The molecule has 3 N–H and O–H groups in total. The van der Waals surface area contributed by atoms with Crippen LogP contribution < -0.4 is 15.8 Å². The van der Waals surface area contributed by atoms with Crippen molar-refractivity contribution in [3.63, 3.8) is 0 Å². The molecular formula is C23H26N10O. The normalized spacial score (nSPS) is 12.5. The van der Waals surface area contributed by atoms with Crippen molar-refractivity contribution in [1.82, 2.24) is 39.7 Å². The van der Waals surface area contributed by atoms with Gasteiger partial charge in [0.2, 0.25) is 0 Å². The predicted octanol–water partition coefficient (Wildman–Crippen LogP) is 2.87. The van der Waals surface area contributed by atoms with E-state index < -0.39 is 0 Å². The van der Waals surface area contributed by atoms with E-state index in [0.717, 1.165) is 11.3 Å². The van der Waals surface area contributed by atoms with E-state index >= 15 is 0 Å². The van der Waals surface area contributed by atoms with Crippen LogP contribution in [0.4, 0.5) is 11.5 Å². The van der Waals surface area contributed by atoms with Crippen LogP contribution in [0.5, 0.6) is 0 Å². The highest BCUT2D eigenvalue weighted by molar-refractivity contribution is 5.96. The van der Waals surface area contributed by atoms with Crippen molar-refractivity contribution in [2.75, 3.05) is 24.3 Å². The fourth-order valence-electron chi connectivity index (χ4n) is 3.97. The molecule has 174 valence electrons. The molecule has 0 bridgehead atoms. The molecule has 34 heavy (non-hydrogen) atoms. The molecule has 0 aliphatic heterocycles. The highest BCUT2D eigenvalue weighted by Gasteiger charge is 2.25. The van der Waals surface area contributed by atoms with Gasteiger partial charge >= 0.3 is 0 Å². The van der Waals surface area contributed by atoms with Gasteiger partial charge in [-0.15, -0.1) is 0 Å². The number of H-pyrrole nitrogens is 2. The molecule has 5 heterocycles. The maximum atomic E-state index is 13.4. The summed E-state index contributed by atoms with van der Waals surface area (Å²) in [7, 11) is 5.66. The van der Waals surface area contributed by atoms with Crippen LogP contribution in [0.1, 0.15) is 25.7 Å². The monoisotopic (exact) mass is 458 g/mol. The number of fused-ring (bicyclic) bond motifs is 2. The molecular weight excluding hydrogens is 432 g/mol. The Kier molecular flexibility index (Phi) is 5.23. The summed E-state index contributed by atoms with van der Waals surface area (Å²) >= 11 is 0. The zero-order valence-corrected chi connectivity index (χ0v) is 19.7. The van der Waals surface area contributed by atoms with Crippen LogP contribution >= 0.6 is 0 Å². The quantitative estimate of drug-likeness (QED) is 0.354. The molecule has 0 unspecified atom stereocenters. The summed E-state index contributed by atoms with van der Waals surface area (Å²) in [5, 5.41) is 8.15. The minimum Gasteiger partial charge on any atom is -0.372 e. The summed E-state index contributed by atoms with van der Waals surface area (Å²) in [5.41, 5.74) is 3.38. The van der Waals surface area contributed by atoms with Gasteiger partial charge < -0.3 is 20.2 Å². The van der Waals surface area contributed by atoms with Crippen molar-refractivity contribution in [3.8, 4) is 11.4 Å². The van der Waals surface area contributed by atoms with Gasteiger partial charge in [-0.2, -0.15) is 5.10 Å². The number of rotatable bonds is 6. The van der Waals surface area contributed by atoms with E-state index in [1.54, 1.807) is 35.5 Å². The fourth-order valence-corrected chi connectivity index (χ4v) is 3.97. The molecule has 1 atom stereocenters. The van der Waals surface area contributed by atoms with Gasteiger partial charge in [0, 0.05) is 45.8 Å². The smallest absolute Gasteiger partial charge is 0.261 e. The molecule has 0 fully saturated rings. The second-order valence-electron chi connectivity index (χ2n) is 8.78. The predicted molar refractivity (Wildman–Crippen MR) is 132 cm³/mol. The van der Waals surface area contributed by atoms with Crippen LogP contribution in [0.15, 0.2) is 41.7 Å². The number of nitrogens with one attached hydrogen (secondary N) is 3. The van der Waals surface area contributed by atoms with E-state index in [1.807, 2.05) is 32.1 Å². The van der Waals surface area contributed by atoms with Gasteiger partial charge in [0.1, 0.15) is 28.2 Å². The number of hydrogen-bond acceptors (Lipinski definition) is 8. The zero-order valence-electron chi connectivity index (χ0n) is 19.7. The minimum atomic E-state index is -0.278. The van der Waals surface area contributed by atoms with Crippen LogP contribution in [0, 0.1) is 5.92 Å². The molecule has 0 radical (unpaired) electrons. The second kappa shape index (κ2) is 8.25. The lowest BCUT2D eigenvalue weighted by Gasteiger charge is -2.23. The van der Waals surface area contributed by atoms with Gasteiger partial charge in [-0.05, 0) is 12.0 Å². The Morgan fingerprint density at radius 1 is 1.09 bits per heavy atom. The number of anilines is 2. The van der Waals surface area contributed by atoms with Crippen LogP contribution in [0.25, 0.3) is 33.5 Å². The zero-order chi connectivity index (χ0) is 24.0. The number of aryl methyl sites for hydroxylation is 1. The van der Waals surface area contributed by atoms with Crippen molar-refractivity contribution in [3.05, 3.63) is 53.1 Å².